The van der Waals surface area contributed by atoms with Crippen molar-refractivity contribution in [2.45, 2.75) is 32.5 Å². The van der Waals surface area contributed by atoms with Gasteiger partial charge in [0.2, 0.25) is 0 Å². The van der Waals surface area contributed by atoms with Crippen molar-refractivity contribution >= 4 is 0 Å². The fraction of sp³-hybridized carbons (Fsp3) is 0.875. The maximum atomic E-state index is 9.33. The number of nitrogens with zero attached hydrogens (tertiary/aromatic N) is 1. The smallest absolute Gasteiger partial charge is 0.0933 e. The second-order valence-electron chi connectivity index (χ2n) is 2.87. The first-order valence-corrected chi connectivity index (χ1v) is 3.71. The average Bonchev–Trinajstić information content (AvgIpc) is 1.88. The minimum absolute atomic E-state index is 0.136. The molecule has 0 saturated heterocycles. The van der Waals surface area contributed by atoms with E-state index in [1.54, 1.807) is 7.11 Å². The first kappa shape index (κ1) is 10.4. The molecule has 0 fully saturated rings. The van der Waals surface area contributed by atoms with Gasteiger partial charge in [0.15, 0.2) is 0 Å². The number of methoxy groups -OCH3 is 1. The molecule has 0 spiro atoms. The lowest BCUT2D eigenvalue weighted by molar-refractivity contribution is -0.0349. The van der Waals surface area contributed by atoms with Gasteiger partial charge in [-0.1, -0.05) is 13.8 Å². The molecule has 0 aromatic heterocycles. The van der Waals surface area contributed by atoms with Crippen LogP contribution in [0.4, 0.5) is 0 Å². The normalized spacial score (nSPS) is 16.0. The summed E-state index contributed by atoms with van der Waals surface area (Å²) in [5.41, 5.74) is 0. The Morgan fingerprint density at radius 2 is 2.09 bits per heavy atom. The van der Waals surface area contributed by atoms with E-state index in [1.165, 1.54) is 0 Å². The highest BCUT2D eigenvalue weighted by Gasteiger charge is 2.21. The van der Waals surface area contributed by atoms with Gasteiger partial charge in [0.1, 0.15) is 0 Å². The summed E-state index contributed by atoms with van der Waals surface area (Å²) in [6.45, 7) is 3.91. The lowest BCUT2D eigenvalue weighted by Crippen LogP contribution is -2.32. The minimum atomic E-state index is -0.662. The standard InChI is InChI=1S/C8H15NO2/c1-6(2)8(11-3)7(10)4-5-9/h6-8,10H,4H2,1-3H3. The lowest BCUT2D eigenvalue weighted by Gasteiger charge is -2.22. The summed E-state index contributed by atoms with van der Waals surface area (Å²) in [5, 5.41) is 17.6. The van der Waals surface area contributed by atoms with Gasteiger partial charge in [0.25, 0.3) is 0 Å². The van der Waals surface area contributed by atoms with E-state index in [9.17, 15) is 5.11 Å². The van der Waals surface area contributed by atoms with E-state index in [0.717, 1.165) is 0 Å². The van der Waals surface area contributed by atoms with Crippen LogP contribution in [0.25, 0.3) is 0 Å². The van der Waals surface area contributed by atoms with Crippen LogP contribution in [0.3, 0.4) is 0 Å². The van der Waals surface area contributed by atoms with E-state index in [1.807, 2.05) is 19.9 Å². The van der Waals surface area contributed by atoms with Crippen LogP contribution in [-0.4, -0.2) is 24.4 Å². The Balaban J connectivity index is 3.93. The van der Waals surface area contributed by atoms with Gasteiger partial charge in [-0.15, -0.1) is 0 Å². The molecule has 0 bridgehead atoms. The highest BCUT2D eigenvalue weighted by Crippen LogP contribution is 2.12. The van der Waals surface area contributed by atoms with Crippen molar-refractivity contribution in [2.75, 3.05) is 7.11 Å². The van der Waals surface area contributed by atoms with Crippen molar-refractivity contribution in [3.05, 3.63) is 0 Å². The minimum Gasteiger partial charge on any atom is -0.389 e. The molecule has 0 aliphatic rings. The molecule has 0 amide bonds. The van der Waals surface area contributed by atoms with Crippen LogP contribution >= 0.6 is 0 Å². The molecule has 0 radical (unpaired) electrons. The Bertz CT molecular complexity index is 140. The molecule has 3 heteroatoms. The molecule has 11 heavy (non-hydrogen) atoms. The SMILES string of the molecule is COC(C(C)C)C(O)CC#N. The zero-order chi connectivity index (χ0) is 8.85. The largest absolute Gasteiger partial charge is 0.389 e. The van der Waals surface area contributed by atoms with Gasteiger partial charge in [0, 0.05) is 7.11 Å². The molecule has 0 heterocycles. The molecule has 0 aromatic rings. The van der Waals surface area contributed by atoms with E-state index in [0.29, 0.717) is 0 Å². The molecule has 1 N–H and O–H groups in total. The lowest BCUT2D eigenvalue weighted by atomic mass is 10.00. The van der Waals surface area contributed by atoms with Crippen LogP contribution in [0.1, 0.15) is 20.3 Å². The van der Waals surface area contributed by atoms with Crippen molar-refractivity contribution in [1.29, 1.82) is 5.26 Å². The van der Waals surface area contributed by atoms with E-state index in [2.05, 4.69) is 0 Å². The van der Waals surface area contributed by atoms with Gasteiger partial charge in [-0.2, -0.15) is 5.26 Å². The maximum absolute atomic E-state index is 9.33. The summed E-state index contributed by atoms with van der Waals surface area (Å²) in [6, 6.07) is 1.91. The summed E-state index contributed by atoms with van der Waals surface area (Å²) >= 11 is 0. The molecule has 2 atom stereocenters. The molecule has 3 nitrogen and oxygen atoms in total. The van der Waals surface area contributed by atoms with Crippen molar-refractivity contribution in [2.24, 2.45) is 5.92 Å². The second kappa shape index (κ2) is 5.11. The Labute approximate surface area is 67.6 Å². The predicted octanol–water partition coefficient (Wildman–Crippen LogP) is 0.932. The topological polar surface area (TPSA) is 53.2 Å². The number of hydrogen-bond donors (Lipinski definition) is 1. The van der Waals surface area contributed by atoms with Gasteiger partial charge in [0.05, 0.1) is 24.7 Å². The number of ether oxygens (including phenoxy) is 1. The Morgan fingerprint density at radius 1 is 1.55 bits per heavy atom. The summed E-state index contributed by atoms with van der Waals surface area (Å²) in [7, 11) is 1.55. The monoisotopic (exact) mass is 157 g/mol. The number of nitriles is 1. The van der Waals surface area contributed by atoms with E-state index >= 15 is 0 Å². The Hall–Kier alpha value is -0.590. The van der Waals surface area contributed by atoms with Crippen molar-refractivity contribution in [1.82, 2.24) is 0 Å². The Kier molecular flexibility index (Phi) is 4.84. The number of rotatable bonds is 4. The zero-order valence-corrected chi connectivity index (χ0v) is 7.24. The number of hydrogen-bond acceptors (Lipinski definition) is 3. The maximum Gasteiger partial charge on any atom is 0.0933 e. The average molecular weight is 157 g/mol. The van der Waals surface area contributed by atoms with Gasteiger partial charge in [-0.3, -0.25) is 0 Å². The highest BCUT2D eigenvalue weighted by atomic mass is 16.5. The van der Waals surface area contributed by atoms with Crippen LogP contribution in [-0.2, 0) is 4.74 Å². The molecule has 64 valence electrons. The van der Waals surface area contributed by atoms with E-state index < -0.39 is 6.10 Å². The number of aliphatic hydroxyl groups excluding tert-OH is 1. The van der Waals surface area contributed by atoms with Crippen molar-refractivity contribution in [3.63, 3.8) is 0 Å². The highest BCUT2D eigenvalue weighted by molar-refractivity contribution is 4.82. The summed E-state index contributed by atoms with van der Waals surface area (Å²) in [6.07, 6.45) is -0.754. The quantitative estimate of drug-likeness (QED) is 0.660. The van der Waals surface area contributed by atoms with Crippen LogP contribution < -0.4 is 0 Å². The second-order valence-corrected chi connectivity index (χ2v) is 2.87. The zero-order valence-electron chi connectivity index (χ0n) is 7.24. The molecule has 0 aromatic carbocycles. The molecule has 0 aliphatic carbocycles. The molecule has 2 unspecified atom stereocenters. The first-order valence-electron chi connectivity index (χ1n) is 3.71. The van der Waals surface area contributed by atoms with Gasteiger partial charge in [-0.05, 0) is 5.92 Å². The van der Waals surface area contributed by atoms with Crippen LogP contribution in [0.5, 0.6) is 0 Å². The van der Waals surface area contributed by atoms with E-state index in [4.69, 9.17) is 10.00 Å². The fourth-order valence-corrected chi connectivity index (χ4v) is 1.08. The fourth-order valence-electron chi connectivity index (χ4n) is 1.08. The van der Waals surface area contributed by atoms with Gasteiger partial charge >= 0.3 is 0 Å². The van der Waals surface area contributed by atoms with Crippen LogP contribution in [0.2, 0.25) is 0 Å². The number of aliphatic hydroxyl groups is 1. The van der Waals surface area contributed by atoms with Crippen molar-refractivity contribution < 1.29 is 9.84 Å². The third kappa shape index (κ3) is 3.35. The third-order valence-corrected chi connectivity index (χ3v) is 1.61. The predicted molar refractivity (Wildman–Crippen MR) is 41.9 cm³/mol. The van der Waals surface area contributed by atoms with Gasteiger partial charge in [-0.25, -0.2) is 0 Å². The molecule has 0 rings (SSSR count). The molecule has 0 aliphatic heterocycles. The van der Waals surface area contributed by atoms with Gasteiger partial charge < -0.3 is 9.84 Å². The summed E-state index contributed by atoms with van der Waals surface area (Å²) < 4.78 is 5.02. The van der Waals surface area contributed by atoms with Crippen molar-refractivity contribution in [3.8, 4) is 6.07 Å². The first-order chi connectivity index (χ1) is 5.13. The summed E-state index contributed by atoms with van der Waals surface area (Å²) in [5.74, 6) is 0.239. The molecule has 0 saturated carbocycles. The molecular weight excluding hydrogens is 142 g/mol. The van der Waals surface area contributed by atoms with E-state index in [-0.39, 0.29) is 18.4 Å². The summed E-state index contributed by atoms with van der Waals surface area (Å²) in [4.78, 5) is 0. The third-order valence-electron chi connectivity index (χ3n) is 1.61. The molecular formula is C8H15NO2. The van der Waals surface area contributed by atoms with Crippen LogP contribution in [0.15, 0.2) is 0 Å². The Morgan fingerprint density at radius 3 is 2.36 bits per heavy atom. The van der Waals surface area contributed by atoms with Crippen LogP contribution in [0, 0.1) is 17.2 Å².